The van der Waals surface area contributed by atoms with Crippen LogP contribution in [-0.4, -0.2) is 78.2 Å². The van der Waals surface area contributed by atoms with Crippen molar-refractivity contribution in [1.82, 2.24) is 9.80 Å². The minimum Gasteiger partial charge on any atom is -0.508 e. The lowest BCUT2D eigenvalue weighted by Crippen LogP contribution is -2.42. The fourth-order valence-corrected chi connectivity index (χ4v) is 4.20. The first-order valence-corrected chi connectivity index (χ1v) is 10.6. The molecule has 0 radical (unpaired) electrons. The molecule has 2 aromatic rings. The Bertz CT molecular complexity index is 1100. The number of likely N-dealkylation sites (tertiary alicyclic amines) is 1. The molecule has 2 heterocycles. The molecule has 1 unspecified atom stereocenters. The SMILES string of the molecule is COc1ccc(C(O)=C2C(=O)C(=O)N(CCN3CCOCC3)C2c2cccc(O)c2)cc1F. The van der Waals surface area contributed by atoms with Crippen LogP contribution in [0.5, 0.6) is 11.5 Å². The average molecular weight is 456 g/mol. The van der Waals surface area contributed by atoms with Crippen molar-refractivity contribution in [3.05, 3.63) is 65.0 Å². The highest BCUT2D eigenvalue weighted by Crippen LogP contribution is 2.40. The standard InChI is InChI=1S/C24H25FN2O6/c1-32-19-6-5-16(14-18(19)25)22(29)20-21(15-3-2-4-17(28)13-15)27(24(31)23(20)30)8-7-26-9-11-33-12-10-26/h2-6,13-14,21,28-29H,7-12H2,1H3. The molecule has 2 fully saturated rings. The van der Waals surface area contributed by atoms with Crippen LogP contribution in [0.2, 0.25) is 0 Å². The monoisotopic (exact) mass is 456 g/mol. The van der Waals surface area contributed by atoms with Crippen LogP contribution in [0.3, 0.4) is 0 Å². The number of methoxy groups -OCH3 is 1. The zero-order valence-corrected chi connectivity index (χ0v) is 18.2. The number of carbonyl (C=O) groups is 2. The van der Waals surface area contributed by atoms with Crippen LogP contribution in [0.15, 0.2) is 48.0 Å². The van der Waals surface area contributed by atoms with E-state index in [0.717, 1.165) is 6.07 Å². The molecule has 0 saturated carbocycles. The molecule has 174 valence electrons. The summed E-state index contributed by atoms with van der Waals surface area (Å²) in [5.74, 6) is -2.87. The van der Waals surface area contributed by atoms with Gasteiger partial charge in [0.1, 0.15) is 11.5 Å². The van der Waals surface area contributed by atoms with Gasteiger partial charge >= 0.3 is 0 Å². The third kappa shape index (κ3) is 4.55. The Hall–Kier alpha value is -3.43. The number of rotatable bonds is 6. The van der Waals surface area contributed by atoms with E-state index in [2.05, 4.69) is 4.90 Å². The molecule has 2 aliphatic heterocycles. The van der Waals surface area contributed by atoms with E-state index in [4.69, 9.17) is 9.47 Å². The third-order valence-electron chi connectivity index (χ3n) is 5.91. The van der Waals surface area contributed by atoms with Gasteiger partial charge in [0.2, 0.25) is 0 Å². The van der Waals surface area contributed by atoms with E-state index >= 15 is 0 Å². The molecule has 1 atom stereocenters. The number of hydrogen-bond donors (Lipinski definition) is 2. The number of morpholine rings is 1. The summed E-state index contributed by atoms with van der Waals surface area (Å²) in [6, 6.07) is 9.06. The maximum absolute atomic E-state index is 14.3. The normalized spacial score (nSPS) is 20.9. The second-order valence-electron chi connectivity index (χ2n) is 7.89. The van der Waals surface area contributed by atoms with Gasteiger partial charge in [0.15, 0.2) is 11.6 Å². The van der Waals surface area contributed by atoms with E-state index < -0.39 is 29.3 Å². The molecule has 0 aromatic heterocycles. The van der Waals surface area contributed by atoms with E-state index in [0.29, 0.717) is 38.4 Å². The van der Waals surface area contributed by atoms with Gasteiger partial charge in [-0.2, -0.15) is 0 Å². The predicted molar refractivity (Wildman–Crippen MR) is 117 cm³/mol. The molecule has 0 bridgehead atoms. The highest BCUT2D eigenvalue weighted by Gasteiger charge is 2.46. The number of ether oxygens (including phenoxy) is 2. The summed E-state index contributed by atoms with van der Waals surface area (Å²) in [5.41, 5.74) is 0.355. The Morgan fingerprint density at radius 2 is 1.91 bits per heavy atom. The number of aromatic hydroxyl groups is 1. The van der Waals surface area contributed by atoms with Gasteiger partial charge in [-0.05, 0) is 35.9 Å². The molecule has 0 spiro atoms. The van der Waals surface area contributed by atoms with Crippen molar-refractivity contribution in [2.24, 2.45) is 0 Å². The van der Waals surface area contributed by atoms with Crippen molar-refractivity contribution in [2.45, 2.75) is 6.04 Å². The van der Waals surface area contributed by atoms with Crippen LogP contribution in [0, 0.1) is 5.82 Å². The summed E-state index contributed by atoms with van der Waals surface area (Å²) in [7, 11) is 1.32. The number of halogens is 1. The molecule has 9 heteroatoms. The number of amides is 1. The van der Waals surface area contributed by atoms with Crippen molar-refractivity contribution in [1.29, 1.82) is 0 Å². The van der Waals surface area contributed by atoms with Gasteiger partial charge in [0.05, 0.1) is 31.9 Å². The van der Waals surface area contributed by atoms with Gasteiger partial charge in [-0.3, -0.25) is 14.5 Å². The lowest BCUT2D eigenvalue weighted by atomic mass is 9.95. The first-order valence-electron chi connectivity index (χ1n) is 10.6. The summed E-state index contributed by atoms with van der Waals surface area (Å²) >= 11 is 0. The van der Waals surface area contributed by atoms with Gasteiger partial charge in [-0.1, -0.05) is 12.1 Å². The largest absolute Gasteiger partial charge is 0.508 e. The molecular formula is C24H25FN2O6. The number of aliphatic hydroxyl groups is 1. The second-order valence-corrected chi connectivity index (χ2v) is 7.89. The van der Waals surface area contributed by atoms with Gasteiger partial charge in [-0.15, -0.1) is 0 Å². The number of nitrogens with zero attached hydrogens (tertiary/aromatic N) is 2. The molecule has 2 saturated heterocycles. The van der Waals surface area contributed by atoms with Crippen molar-refractivity contribution in [3.63, 3.8) is 0 Å². The smallest absolute Gasteiger partial charge is 0.295 e. The van der Waals surface area contributed by atoms with Crippen LogP contribution >= 0.6 is 0 Å². The zero-order chi connectivity index (χ0) is 23.5. The number of benzene rings is 2. The van der Waals surface area contributed by atoms with E-state index in [1.807, 2.05) is 0 Å². The lowest BCUT2D eigenvalue weighted by molar-refractivity contribution is -0.140. The maximum atomic E-state index is 14.3. The van der Waals surface area contributed by atoms with E-state index in [1.54, 1.807) is 12.1 Å². The quantitative estimate of drug-likeness (QED) is 0.391. The number of carbonyl (C=O) groups excluding carboxylic acids is 2. The van der Waals surface area contributed by atoms with Crippen molar-refractivity contribution in [3.8, 4) is 11.5 Å². The first-order chi connectivity index (χ1) is 15.9. The number of aliphatic hydroxyl groups excluding tert-OH is 1. The van der Waals surface area contributed by atoms with Crippen LogP contribution < -0.4 is 4.74 Å². The predicted octanol–water partition coefficient (Wildman–Crippen LogP) is 2.29. The van der Waals surface area contributed by atoms with Gasteiger partial charge in [0, 0.05) is 31.7 Å². The number of ketones is 1. The number of phenols is 1. The van der Waals surface area contributed by atoms with Crippen molar-refractivity contribution < 1.29 is 33.7 Å². The minimum absolute atomic E-state index is 0.0120. The van der Waals surface area contributed by atoms with Gasteiger partial charge in [0.25, 0.3) is 11.7 Å². The lowest BCUT2D eigenvalue weighted by Gasteiger charge is -2.31. The number of phenolic OH excluding ortho intramolecular Hbond substituents is 1. The zero-order valence-electron chi connectivity index (χ0n) is 18.2. The summed E-state index contributed by atoms with van der Waals surface area (Å²) in [4.78, 5) is 29.5. The van der Waals surface area contributed by atoms with Crippen LogP contribution in [0.4, 0.5) is 4.39 Å². The van der Waals surface area contributed by atoms with Crippen molar-refractivity contribution >= 4 is 17.4 Å². The van der Waals surface area contributed by atoms with Crippen molar-refractivity contribution in [2.75, 3.05) is 46.5 Å². The molecule has 2 aromatic carbocycles. The molecule has 8 nitrogen and oxygen atoms in total. The van der Waals surface area contributed by atoms with Gasteiger partial charge < -0.3 is 24.6 Å². The minimum atomic E-state index is -0.927. The first kappa shape index (κ1) is 22.8. The van der Waals surface area contributed by atoms with Gasteiger partial charge in [-0.25, -0.2) is 4.39 Å². The fraction of sp³-hybridized carbons (Fsp3) is 0.333. The molecule has 2 aliphatic rings. The third-order valence-corrected chi connectivity index (χ3v) is 5.91. The number of Topliss-reactive ketones (excluding diaryl/α,β-unsaturated/α-hetero) is 1. The Morgan fingerprint density at radius 1 is 1.15 bits per heavy atom. The summed E-state index contributed by atoms with van der Waals surface area (Å²) in [6.07, 6.45) is 0. The van der Waals surface area contributed by atoms with E-state index in [-0.39, 0.29) is 29.2 Å². The van der Waals surface area contributed by atoms with Crippen LogP contribution in [0.1, 0.15) is 17.2 Å². The Morgan fingerprint density at radius 3 is 2.58 bits per heavy atom. The Balaban J connectivity index is 1.75. The summed E-state index contributed by atoms with van der Waals surface area (Å²) in [5, 5.41) is 21.0. The molecule has 0 aliphatic carbocycles. The Kier molecular flexibility index (Phi) is 6.62. The molecule has 2 N–H and O–H groups in total. The highest BCUT2D eigenvalue weighted by atomic mass is 19.1. The molecule has 33 heavy (non-hydrogen) atoms. The Labute approximate surface area is 190 Å². The highest BCUT2D eigenvalue weighted by molar-refractivity contribution is 6.46. The summed E-state index contributed by atoms with van der Waals surface area (Å²) < 4.78 is 24.5. The molecular weight excluding hydrogens is 431 g/mol. The number of hydrogen-bond acceptors (Lipinski definition) is 7. The fourth-order valence-electron chi connectivity index (χ4n) is 4.20. The summed E-state index contributed by atoms with van der Waals surface area (Å²) in [6.45, 7) is 3.37. The second kappa shape index (κ2) is 9.60. The molecule has 1 amide bonds. The maximum Gasteiger partial charge on any atom is 0.295 e. The van der Waals surface area contributed by atoms with Crippen LogP contribution in [0.25, 0.3) is 5.76 Å². The van der Waals surface area contributed by atoms with E-state index in [9.17, 15) is 24.2 Å². The van der Waals surface area contributed by atoms with E-state index in [1.165, 1.54) is 36.3 Å². The molecule has 4 rings (SSSR count). The van der Waals surface area contributed by atoms with Crippen LogP contribution in [-0.2, 0) is 14.3 Å². The topological polar surface area (TPSA) is 99.5 Å². The average Bonchev–Trinajstić information content (AvgIpc) is 3.07.